The minimum Gasteiger partial charge on any atom is -0.377 e. The molecular weight excluding hydrogens is 583 g/mol. The topological polar surface area (TPSA) is 132 Å². The van der Waals surface area contributed by atoms with Gasteiger partial charge >= 0.3 is 0 Å². The van der Waals surface area contributed by atoms with Crippen molar-refractivity contribution < 1.29 is 4.79 Å². The van der Waals surface area contributed by atoms with Gasteiger partial charge in [-0.25, -0.2) is 4.68 Å². The molecule has 2 N–H and O–H groups in total. The van der Waals surface area contributed by atoms with Crippen LogP contribution < -0.4 is 10.6 Å². The summed E-state index contributed by atoms with van der Waals surface area (Å²) in [4.78, 5) is 17.6. The van der Waals surface area contributed by atoms with Crippen LogP contribution in [0.4, 0.5) is 11.4 Å². The van der Waals surface area contributed by atoms with Gasteiger partial charge in [-0.2, -0.15) is 10.5 Å². The highest BCUT2D eigenvalue weighted by Gasteiger charge is 2.36. The summed E-state index contributed by atoms with van der Waals surface area (Å²) in [7, 11) is 1.99. The van der Waals surface area contributed by atoms with E-state index in [4.69, 9.17) is 11.6 Å². The zero-order valence-electron chi connectivity index (χ0n) is 25.0. The summed E-state index contributed by atoms with van der Waals surface area (Å²) >= 11 is 6.78. The monoisotopic (exact) mass is 612 g/mol. The lowest BCUT2D eigenvalue weighted by Gasteiger charge is -2.32. The molecule has 2 aromatic heterocycles. The van der Waals surface area contributed by atoms with Gasteiger partial charge in [0.1, 0.15) is 19.6 Å². The molecule has 0 radical (unpaired) electrons. The first-order chi connectivity index (χ1) is 21.8. The van der Waals surface area contributed by atoms with Crippen molar-refractivity contribution in [2.75, 3.05) is 10.6 Å². The maximum atomic E-state index is 13.1. The Bertz CT molecular complexity index is 1980. The van der Waals surface area contributed by atoms with Crippen molar-refractivity contribution in [3.8, 4) is 12.1 Å². The van der Waals surface area contributed by atoms with Crippen LogP contribution in [0.25, 0.3) is 10.9 Å². The number of halogens is 1. The van der Waals surface area contributed by atoms with Crippen molar-refractivity contribution in [2.24, 2.45) is 0 Å². The van der Waals surface area contributed by atoms with Crippen LogP contribution in [0.15, 0.2) is 79.1 Å². The summed E-state index contributed by atoms with van der Waals surface area (Å²) in [5.41, 5.74) is 3.88. The minimum absolute atomic E-state index is 0.171. The molecule has 9 nitrogen and oxygen atoms in total. The minimum atomic E-state index is -0.930. The highest BCUT2D eigenvalue weighted by atomic mass is 35.5. The number of ketones is 1. The molecule has 2 heterocycles. The summed E-state index contributed by atoms with van der Waals surface area (Å²) in [6.45, 7) is 1.50. The largest absolute Gasteiger partial charge is 0.377 e. The van der Waals surface area contributed by atoms with Crippen LogP contribution in [0.5, 0.6) is 0 Å². The maximum Gasteiger partial charge on any atom is 0.162 e. The molecule has 1 aliphatic carbocycles. The van der Waals surface area contributed by atoms with Crippen molar-refractivity contribution >= 4 is 47.5 Å². The molecule has 0 spiro atoms. The molecule has 2 atom stereocenters. The number of pyridine rings is 1. The van der Waals surface area contributed by atoms with Gasteiger partial charge in [0.2, 0.25) is 0 Å². The molecule has 1 unspecified atom stereocenters. The van der Waals surface area contributed by atoms with E-state index >= 15 is 0 Å². The predicted molar refractivity (Wildman–Crippen MR) is 177 cm³/mol. The Labute approximate surface area is 267 Å². The van der Waals surface area contributed by atoms with Crippen LogP contribution in [-0.2, 0) is 5.44 Å². The molecule has 0 saturated heterocycles. The third kappa shape index (κ3) is 5.98. The quantitative estimate of drug-likeness (QED) is 0.131. The summed E-state index contributed by atoms with van der Waals surface area (Å²) in [6.07, 6.45) is 6.40. The molecule has 45 heavy (non-hydrogen) atoms. The highest BCUT2D eigenvalue weighted by Crippen LogP contribution is 2.40. The number of carbonyl (C=O) groups excluding carboxylic acids is 1. The number of nitrogens with zero attached hydrogens (tertiary/aromatic N) is 6. The number of carbonyl (C=O) groups is 1. The van der Waals surface area contributed by atoms with Gasteiger partial charge in [-0.1, -0.05) is 65.3 Å². The average Bonchev–Trinajstić information content (AvgIpc) is 3.78. The third-order valence-electron chi connectivity index (χ3n) is 8.29. The molecule has 11 heteroatoms. The van der Waals surface area contributed by atoms with Crippen molar-refractivity contribution in [3.63, 3.8) is 0 Å². The normalized spacial score (nSPS) is 14.6. The van der Waals surface area contributed by atoms with Crippen molar-refractivity contribution in [1.82, 2.24) is 20.0 Å². The van der Waals surface area contributed by atoms with E-state index in [1.807, 2.05) is 79.4 Å². The van der Waals surface area contributed by atoms with E-state index in [0.29, 0.717) is 63.0 Å². The van der Waals surface area contributed by atoms with Crippen LogP contribution >= 0.6 is 11.6 Å². The molecule has 6 rings (SSSR count). The lowest BCUT2D eigenvalue weighted by atomic mass is 9.69. The number of aromatic nitrogens is 4. The van der Waals surface area contributed by atoms with Gasteiger partial charge in [0.15, 0.2) is 5.78 Å². The number of nitriles is 2. The molecule has 5 aromatic rings. The zero-order chi connectivity index (χ0) is 31.6. The Hall–Kier alpha value is -5.19. The van der Waals surface area contributed by atoms with Gasteiger partial charge in [-0.05, 0) is 55.5 Å². The van der Waals surface area contributed by atoms with E-state index in [1.54, 1.807) is 6.07 Å². The Balaban J connectivity index is 1.52. The Morgan fingerprint density at radius 2 is 1.91 bits per heavy atom. The van der Waals surface area contributed by atoms with Crippen LogP contribution in [0.1, 0.15) is 77.4 Å². The zero-order valence-corrected chi connectivity index (χ0v) is 25.7. The summed E-state index contributed by atoms with van der Waals surface area (Å²) in [6, 6.07) is 25.6. The van der Waals surface area contributed by atoms with Crippen molar-refractivity contribution in [3.05, 3.63) is 112 Å². The summed E-state index contributed by atoms with van der Waals surface area (Å²) < 4.78 is 1.89. The summed E-state index contributed by atoms with van der Waals surface area (Å²) in [5, 5.41) is 36.8. The van der Waals surface area contributed by atoms with E-state index in [9.17, 15) is 15.3 Å². The van der Waals surface area contributed by atoms with Crippen LogP contribution in [0, 0.1) is 22.7 Å². The smallest absolute Gasteiger partial charge is 0.162 e. The number of rotatable bonds is 11. The number of nitrogens with one attached hydrogen (secondary N) is 2. The highest BCUT2D eigenvalue weighted by molar-refractivity contribution is 6.33. The number of benzene rings is 3. The van der Waals surface area contributed by atoms with E-state index in [2.05, 4.69) is 38.1 Å². The van der Waals surface area contributed by atoms with Gasteiger partial charge < -0.3 is 10.6 Å². The Kier molecular flexibility index (Phi) is 8.25. The molecular formula is C34H30BClN8O. The fourth-order valence-corrected chi connectivity index (χ4v) is 6.05. The molecule has 1 fully saturated rings. The van der Waals surface area contributed by atoms with Crippen molar-refractivity contribution in [1.29, 1.82) is 10.5 Å². The van der Waals surface area contributed by atoms with Gasteiger partial charge in [0.25, 0.3) is 0 Å². The fraction of sp³-hybridized carbons (Fsp3) is 0.235. The number of fused-ring (bicyclic) bond motifs is 1. The lowest BCUT2D eigenvalue weighted by molar-refractivity contribution is 0.101. The molecule has 1 saturated carbocycles. The van der Waals surface area contributed by atoms with Gasteiger partial charge in [-0.15, -0.1) is 5.10 Å². The standard InChI is InChI=1S/C34H30BClN8O/c1-21(45)26-16-24(41-34(35,28-10-5-6-11-29(28)36)31-20-44(43-42-31)25-13-14-25)17-27-32(23(18-38)19-39-33(26)27)40-30(12-7-15-37)22-8-3-2-4-9-22/h2-6,8-11,16-17,19-20,25,30,41H,7,12-14,35H2,1H3,(H,39,40)/t30-,34?/m1/s1. The molecule has 222 valence electrons. The SMILES string of the molecule is BC(Nc1cc(C(C)=O)c2ncc(C#N)c(N[C@H](CCC#N)c3ccccc3)c2c1)(c1cn(C2CC2)nn1)c1ccccc1Cl. The number of hydrogen-bond donors (Lipinski definition) is 2. The number of hydrogen-bond acceptors (Lipinski definition) is 8. The average molecular weight is 613 g/mol. The Morgan fingerprint density at radius 1 is 1.16 bits per heavy atom. The van der Waals surface area contributed by atoms with E-state index in [1.165, 1.54) is 13.1 Å². The van der Waals surface area contributed by atoms with Crippen LogP contribution in [-0.4, -0.2) is 33.6 Å². The van der Waals surface area contributed by atoms with Gasteiger partial charge in [0, 0.05) is 34.3 Å². The molecule has 0 amide bonds. The second kappa shape index (κ2) is 12.4. The van der Waals surface area contributed by atoms with E-state index in [-0.39, 0.29) is 11.8 Å². The first kappa shape index (κ1) is 29.9. The van der Waals surface area contributed by atoms with Gasteiger partial charge in [0.05, 0.1) is 46.6 Å². The second-order valence-corrected chi connectivity index (χ2v) is 11.9. The Morgan fingerprint density at radius 3 is 2.60 bits per heavy atom. The second-order valence-electron chi connectivity index (χ2n) is 11.5. The van der Waals surface area contributed by atoms with Gasteiger partial charge in [-0.3, -0.25) is 9.78 Å². The lowest BCUT2D eigenvalue weighted by Crippen LogP contribution is -2.38. The first-order valence-electron chi connectivity index (χ1n) is 14.8. The molecule has 1 aliphatic rings. The van der Waals surface area contributed by atoms with Crippen molar-refractivity contribution in [2.45, 2.75) is 50.1 Å². The van der Waals surface area contributed by atoms with E-state index < -0.39 is 5.44 Å². The predicted octanol–water partition coefficient (Wildman–Crippen LogP) is 6.29. The van der Waals surface area contributed by atoms with E-state index in [0.717, 1.165) is 24.0 Å². The molecule has 3 aromatic carbocycles. The molecule has 0 bridgehead atoms. The molecule has 0 aliphatic heterocycles. The fourth-order valence-electron chi connectivity index (χ4n) is 5.72. The van der Waals surface area contributed by atoms with Crippen LogP contribution in [0.3, 0.4) is 0 Å². The maximum absolute atomic E-state index is 13.1. The first-order valence-corrected chi connectivity index (χ1v) is 15.2. The number of Topliss-reactive ketones (excluding diaryl/α,β-unsaturated/α-hetero) is 1. The van der Waals surface area contributed by atoms with Crippen LogP contribution in [0.2, 0.25) is 5.02 Å². The third-order valence-corrected chi connectivity index (χ3v) is 8.62. The number of anilines is 2. The summed E-state index contributed by atoms with van der Waals surface area (Å²) in [5.74, 6) is -0.171.